The van der Waals surface area contributed by atoms with Crippen molar-refractivity contribution in [2.45, 2.75) is 6.54 Å². The highest BCUT2D eigenvalue weighted by molar-refractivity contribution is 6.42. The van der Waals surface area contributed by atoms with E-state index in [-0.39, 0.29) is 6.03 Å². The summed E-state index contributed by atoms with van der Waals surface area (Å²) in [4.78, 5) is 20.5. The minimum absolute atomic E-state index is 0.109. The largest absolute Gasteiger partial charge is 0.336 e. The Kier molecular flexibility index (Phi) is 5.60. The van der Waals surface area contributed by atoms with E-state index in [2.05, 4.69) is 19.8 Å². The monoisotopic (exact) mass is 367 g/mol. The summed E-state index contributed by atoms with van der Waals surface area (Å²) in [7, 11) is 0. The number of hydrogen-bond donors (Lipinski definition) is 1. The van der Waals surface area contributed by atoms with E-state index < -0.39 is 0 Å². The Morgan fingerprint density at radius 2 is 1.92 bits per heavy atom. The topological polar surface area (TPSA) is 53.4 Å². The maximum absolute atomic E-state index is 12.3. The highest BCUT2D eigenvalue weighted by atomic mass is 35.5. The fourth-order valence-electron chi connectivity index (χ4n) is 2.63. The third kappa shape index (κ3) is 4.41. The molecular weight excluding hydrogens is 349 g/mol. The van der Waals surface area contributed by atoms with Crippen molar-refractivity contribution in [1.82, 2.24) is 19.4 Å². The summed E-state index contributed by atoms with van der Waals surface area (Å²) in [5.74, 6) is 0. The highest BCUT2D eigenvalue weighted by Gasteiger charge is 2.21. The lowest BCUT2D eigenvalue weighted by atomic mass is 10.3. The summed E-state index contributed by atoms with van der Waals surface area (Å²) in [5.41, 5.74) is 0.650. The van der Waals surface area contributed by atoms with Gasteiger partial charge in [-0.25, -0.2) is 9.78 Å². The van der Waals surface area contributed by atoms with Gasteiger partial charge in [-0.1, -0.05) is 23.2 Å². The quantitative estimate of drug-likeness (QED) is 0.903. The van der Waals surface area contributed by atoms with Gasteiger partial charge in [0.2, 0.25) is 0 Å². The third-order valence-corrected chi connectivity index (χ3v) is 4.80. The van der Waals surface area contributed by atoms with Crippen molar-refractivity contribution in [3.63, 3.8) is 0 Å². The summed E-state index contributed by atoms with van der Waals surface area (Å²) in [6.07, 6.45) is 5.56. The van der Waals surface area contributed by atoms with Crippen LogP contribution in [0.15, 0.2) is 36.9 Å². The van der Waals surface area contributed by atoms with Crippen molar-refractivity contribution in [2.24, 2.45) is 0 Å². The SMILES string of the molecule is O=C(Nc1ccc(Cl)c(Cl)c1)N1CCN(CCn2ccnc2)CC1. The Balaban J connectivity index is 1.45. The van der Waals surface area contributed by atoms with Crippen molar-refractivity contribution in [1.29, 1.82) is 0 Å². The van der Waals surface area contributed by atoms with Gasteiger partial charge in [0.25, 0.3) is 0 Å². The minimum atomic E-state index is -0.109. The summed E-state index contributed by atoms with van der Waals surface area (Å²) >= 11 is 11.9. The summed E-state index contributed by atoms with van der Waals surface area (Å²) < 4.78 is 2.06. The van der Waals surface area contributed by atoms with Crippen LogP contribution in [0.1, 0.15) is 0 Å². The molecule has 0 saturated carbocycles. The van der Waals surface area contributed by atoms with Crippen molar-refractivity contribution in [2.75, 3.05) is 38.0 Å². The molecule has 1 aliphatic heterocycles. The van der Waals surface area contributed by atoms with Gasteiger partial charge < -0.3 is 14.8 Å². The number of amides is 2. The van der Waals surface area contributed by atoms with Gasteiger partial charge >= 0.3 is 6.03 Å². The van der Waals surface area contributed by atoms with Crippen LogP contribution >= 0.6 is 23.2 Å². The molecule has 1 aromatic carbocycles. The Hall–Kier alpha value is -1.76. The Bertz CT molecular complexity index is 684. The van der Waals surface area contributed by atoms with Gasteiger partial charge in [0.1, 0.15) is 0 Å². The van der Waals surface area contributed by atoms with Crippen LogP contribution in [0.4, 0.5) is 10.5 Å². The van der Waals surface area contributed by atoms with E-state index in [9.17, 15) is 4.79 Å². The lowest BCUT2D eigenvalue weighted by Gasteiger charge is -2.34. The third-order valence-electron chi connectivity index (χ3n) is 4.06. The first-order valence-electron chi connectivity index (χ1n) is 7.81. The standard InChI is InChI=1S/C16H19Cl2N5O/c17-14-2-1-13(11-15(14)18)20-16(24)23-9-7-21(8-10-23)5-6-22-4-3-19-12-22/h1-4,11-12H,5-10H2,(H,20,24). The smallest absolute Gasteiger partial charge is 0.321 e. The Morgan fingerprint density at radius 3 is 2.58 bits per heavy atom. The van der Waals surface area contributed by atoms with Crippen molar-refractivity contribution in [3.05, 3.63) is 47.0 Å². The number of nitrogens with one attached hydrogen (secondary N) is 1. The number of urea groups is 1. The van der Waals surface area contributed by atoms with Gasteiger partial charge in [-0.15, -0.1) is 0 Å². The zero-order valence-corrected chi connectivity index (χ0v) is 14.7. The minimum Gasteiger partial charge on any atom is -0.336 e. The fraction of sp³-hybridized carbons (Fsp3) is 0.375. The van der Waals surface area contributed by atoms with Gasteiger partial charge in [-0.05, 0) is 18.2 Å². The molecule has 128 valence electrons. The Morgan fingerprint density at radius 1 is 1.12 bits per heavy atom. The van der Waals surface area contributed by atoms with Crippen LogP contribution in [0.5, 0.6) is 0 Å². The maximum atomic E-state index is 12.3. The van der Waals surface area contributed by atoms with Crippen LogP contribution in [0.25, 0.3) is 0 Å². The molecule has 1 aliphatic rings. The number of anilines is 1. The molecule has 1 N–H and O–H groups in total. The van der Waals surface area contributed by atoms with E-state index in [0.717, 1.165) is 26.2 Å². The maximum Gasteiger partial charge on any atom is 0.321 e. The van der Waals surface area contributed by atoms with E-state index >= 15 is 0 Å². The number of piperazine rings is 1. The van der Waals surface area contributed by atoms with Gasteiger partial charge in [0, 0.05) is 57.3 Å². The van der Waals surface area contributed by atoms with E-state index in [0.29, 0.717) is 28.8 Å². The fourth-order valence-corrected chi connectivity index (χ4v) is 2.92. The molecule has 0 bridgehead atoms. The number of benzene rings is 1. The second-order valence-electron chi connectivity index (χ2n) is 5.69. The first-order valence-corrected chi connectivity index (χ1v) is 8.56. The van der Waals surface area contributed by atoms with E-state index in [1.54, 1.807) is 24.4 Å². The van der Waals surface area contributed by atoms with Crippen LogP contribution in [-0.2, 0) is 6.54 Å². The molecule has 24 heavy (non-hydrogen) atoms. The number of carbonyl (C=O) groups is 1. The number of aromatic nitrogens is 2. The first kappa shape index (κ1) is 17.1. The van der Waals surface area contributed by atoms with Gasteiger partial charge in [0.05, 0.1) is 16.4 Å². The summed E-state index contributed by atoms with van der Waals surface area (Å²) in [5, 5.41) is 3.76. The molecule has 2 amide bonds. The molecule has 8 heteroatoms. The average molecular weight is 368 g/mol. The van der Waals surface area contributed by atoms with E-state index in [1.165, 1.54) is 0 Å². The second kappa shape index (κ2) is 7.88. The molecule has 0 aliphatic carbocycles. The molecular formula is C16H19Cl2N5O. The van der Waals surface area contributed by atoms with E-state index in [1.807, 2.05) is 17.4 Å². The number of rotatable bonds is 4. The molecule has 2 aromatic rings. The predicted octanol–water partition coefficient (Wildman–Crippen LogP) is 3.04. The molecule has 1 saturated heterocycles. The first-order chi connectivity index (χ1) is 11.6. The molecule has 1 aromatic heterocycles. The van der Waals surface area contributed by atoms with Crippen molar-refractivity contribution in [3.8, 4) is 0 Å². The molecule has 1 fully saturated rings. The van der Waals surface area contributed by atoms with Gasteiger partial charge in [-0.2, -0.15) is 0 Å². The van der Waals surface area contributed by atoms with E-state index in [4.69, 9.17) is 23.2 Å². The molecule has 0 atom stereocenters. The number of nitrogens with zero attached hydrogens (tertiary/aromatic N) is 4. The lowest BCUT2D eigenvalue weighted by molar-refractivity contribution is 0.144. The number of halogens is 2. The van der Waals surface area contributed by atoms with Crippen LogP contribution in [0, 0.1) is 0 Å². The number of imidazole rings is 1. The molecule has 0 unspecified atom stereocenters. The second-order valence-corrected chi connectivity index (χ2v) is 6.50. The van der Waals surface area contributed by atoms with Crippen LogP contribution in [0.3, 0.4) is 0 Å². The van der Waals surface area contributed by atoms with Crippen molar-refractivity contribution >= 4 is 34.9 Å². The average Bonchev–Trinajstić information content (AvgIpc) is 3.10. The molecule has 6 nitrogen and oxygen atoms in total. The van der Waals surface area contributed by atoms with Gasteiger partial charge in [-0.3, -0.25) is 4.90 Å². The molecule has 0 radical (unpaired) electrons. The zero-order valence-electron chi connectivity index (χ0n) is 13.2. The molecule has 0 spiro atoms. The highest BCUT2D eigenvalue weighted by Crippen LogP contribution is 2.25. The normalized spacial score (nSPS) is 15.5. The summed E-state index contributed by atoms with van der Waals surface area (Å²) in [6.45, 7) is 5.01. The van der Waals surface area contributed by atoms with Crippen LogP contribution in [0.2, 0.25) is 10.0 Å². The lowest BCUT2D eigenvalue weighted by Crippen LogP contribution is -2.50. The predicted molar refractivity (Wildman–Crippen MR) is 95.7 cm³/mol. The molecule has 3 rings (SSSR count). The van der Waals surface area contributed by atoms with Crippen LogP contribution in [-0.4, -0.2) is 58.1 Å². The van der Waals surface area contributed by atoms with Crippen LogP contribution < -0.4 is 5.32 Å². The molecule has 2 heterocycles. The summed E-state index contributed by atoms with van der Waals surface area (Å²) in [6, 6.07) is 4.96. The number of carbonyl (C=O) groups excluding carboxylic acids is 1. The van der Waals surface area contributed by atoms with Gasteiger partial charge in [0.15, 0.2) is 0 Å². The van der Waals surface area contributed by atoms with Crippen molar-refractivity contribution < 1.29 is 4.79 Å². The zero-order chi connectivity index (χ0) is 16.9. The number of hydrogen-bond acceptors (Lipinski definition) is 3. The Labute approximate surface area is 151 Å².